The highest BCUT2D eigenvalue weighted by Crippen LogP contribution is 2.43. The van der Waals surface area contributed by atoms with Gasteiger partial charge in [-0.2, -0.15) is 26.3 Å². The maximum absolute atomic E-state index is 14.2. The van der Waals surface area contributed by atoms with Crippen LogP contribution in [-0.2, 0) is 22.2 Å². The van der Waals surface area contributed by atoms with E-state index in [1.54, 1.807) is 0 Å². The molecule has 0 radical (unpaired) electrons. The molecule has 0 amide bonds. The number of hydrogen-bond acceptors (Lipinski definition) is 4. The van der Waals surface area contributed by atoms with Crippen molar-refractivity contribution in [1.29, 1.82) is 0 Å². The van der Waals surface area contributed by atoms with Gasteiger partial charge < -0.3 is 4.52 Å². The van der Waals surface area contributed by atoms with E-state index >= 15 is 0 Å². The van der Waals surface area contributed by atoms with Crippen molar-refractivity contribution in [3.63, 3.8) is 0 Å². The highest BCUT2D eigenvalue weighted by molar-refractivity contribution is 7.90. The number of rotatable bonds is 3. The van der Waals surface area contributed by atoms with Crippen molar-refractivity contribution < 1.29 is 43.7 Å². The molecule has 0 aliphatic rings. The van der Waals surface area contributed by atoms with Crippen molar-refractivity contribution in [3.8, 4) is 22.4 Å². The monoisotopic (exact) mass is 453 g/mol. The first-order chi connectivity index (χ1) is 13.7. The quantitative estimate of drug-likeness (QED) is 0.486. The SMILES string of the molecule is CS(=O)(=O)c1ccc(-c2c(-c3ccc(C(F)(F)F)cc3)noc2C(F)(F)F)cc1F. The minimum atomic E-state index is -5.06. The third-order valence-corrected chi connectivity index (χ3v) is 5.19. The molecule has 0 unspecified atom stereocenters. The molecule has 0 saturated heterocycles. The van der Waals surface area contributed by atoms with Crippen LogP contribution in [0.25, 0.3) is 22.4 Å². The molecule has 2 aromatic carbocycles. The van der Waals surface area contributed by atoms with Crippen LogP contribution in [0.5, 0.6) is 0 Å². The van der Waals surface area contributed by atoms with Crippen molar-refractivity contribution in [1.82, 2.24) is 5.16 Å². The van der Waals surface area contributed by atoms with Gasteiger partial charge in [0.25, 0.3) is 0 Å². The van der Waals surface area contributed by atoms with Gasteiger partial charge in [0.05, 0.1) is 11.1 Å². The number of alkyl halides is 6. The summed E-state index contributed by atoms with van der Waals surface area (Å²) in [7, 11) is -3.98. The van der Waals surface area contributed by atoms with Gasteiger partial charge in [-0.25, -0.2) is 12.8 Å². The molecule has 1 heterocycles. The number of sulfone groups is 1. The number of hydrogen-bond donors (Lipinski definition) is 0. The highest BCUT2D eigenvalue weighted by atomic mass is 32.2. The summed E-state index contributed by atoms with van der Waals surface area (Å²) in [5.41, 5.74) is -2.81. The van der Waals surface area contributed by atoms with Gasteiger partial charge in [-0.1, -0.05) is 23.4 Å². The molecule has 12 heteroatoms. The van der Waals surface area contributed by atoms with Crippen LogP contribution in [0.3, 0.4) is 0 Å². The number of benzene rings is 2. The minimum Gasteiger partial charge on any atom is -0.350 e. The third kappa shape index (κ3) is 4.18. The Balaban J connectivity index is 2.21. The van der Waals surface area contributed by atoms with E-state index in [0.29, 0.717) is 18.2 Å². The summed E-state index contributed by atoms with van der Waals surface area (Å²) in [6, 6.07) is 5.35. The van der Waals surface area contributed by atoms with Crippen molar-refractivity contribution >= 4 is 9.84 Å². The van der Waals surface area contributed by atoms with Gasteiger partial charge in [-0.3, -0.25) is 0 Å². The Morgan fingerprint density at radius 3 is 1.90 bits per heavy atom. The molecule has 1 aromatic heterocycles. The second kappa shape index (κ2) is 7.11. The van der Waals surface area contributed by atoms with Crippen LogP contribution in [0, 0.1) is 5.82 Å². The molecule has 0 bridgehead atoms. The third-order valence-electron chi connectivity index (χ3n) is 4.06. The zero-order chi connectivity index (χ0) is 22.5. The first kappa shape index (κ1) is 21.8. The molecule has 4 nitrogen and oxygen atoms in total. The number of aromatic nitrogens is 1. The van der Waals surface area contributed by atoms with E-state index in [2.05, 4.69) is 9.68 Å². The van der Waals surface area contributed by atoms with Crippen LogP contribution in [0.1, 0.15) is 11.3 Å². The number of halogens is 7. The van der Waals surface area contributed by atoms with E-state index < -0.39 is 61.0 Å². The average Bonchev–Trinajstić information content (AvgIpc) is 3.05. The lowest BCUT2D eigenvalue weighted by atomic mass is 9.98. The van der Waals surface area contributed by atoms with E-state index in [9.17, 15) is 39.2 Å². The zero-order valence-electron chi connectivity index (χ0n) is 14.8. The van der Waals surface area contributed by atoms with E-state index in [-0.39, 0.29) is 5.56 Å². The Kier molecular flexibility index (Phi) is 5.17. The highest BCUT2D eigenvalue weighted by Gasteiger charge is 2.41. The van der Waals surface area contributed by atoms with Gasteiger partial charge >= 0.3 is 12.4 Å². The second-order valence-electron chi connectivity index (χ2n) is 6.23. The fourth-order valence-corrected chi connectivity index (χ4v) is 3.45. The molecule has 0 saturated carbocycles. The Bertz CT molecular complexity index is 1190. The van der Waals surface area contributed by atoms with Gasteiger partial charge in [0.15, 0.2) is 9.84 Å². The van der Waals surface area contributed by atoms with Crippen molar-refractivity contribution in [2.45, 2.75) is 17.2 Å². The Morgan fingerprint density at radius 1 is 0.867 bits per heavy atom. The minimum absolute atomic E-state index is 0.148. The summed E-state index contributed by atoms with van der Waals surface area (Å²) in [6.45, 7) is 0. The molecule has 0 aliphatic heterocycles. The maximum atomic E-state index is 14.2. The van der Waals surface area contributed by atoms with Crippen LogP contribution in [-0.4, -0.2) is 19.8 Å². The number of nitrogens with zero attached hydrogens (tertiary/aromatic N) is 1. The first-order valence-corrected chi connectivity index (χ1v) is 9.83. The molecule has 3 rings (SSSR count). The fourth-order valence-electron chi connectivity index (χ4n) is 2.72. The van der Waals surface area contributed by atoms with Gasteiger partial charge in [0, 0.05) is 11.8 Å². The van der Waals surface area contributed by atoms with E-state index in [0.717, 1.165) is 30.5 Å². The Labute approximate surface area is 164 Å². The molecule has 0 aliphatic carbocycles. The summed E-state index contributed by atoms with van der Waals surface area (Å²) < 4.78 is 120. The smallest absolute Gasteiger partial charge is 0.350 e. The zero-order valence-corrected chi connectivity index (χ0v) is 15.6. The molecule has 3 aromatic rings. The van der Waals surface area contributed by atoms with Crippen molar-refractivity contribution in [3.05, 3.63) is 59.6 Å². The topological polar surface area (TPSA) is 60.2 Å². The molecular formula is C18H10F7NO3S. The van der Waals surface area contributed by atoms with E-state index in [1.807, 2.05) is 0 Å². The van der Waals surface area contributed by atoms with E-state index in [4.69, 9.17) is 0 Å². The van der Waals surface area contributed by atoms with Gasteiger partial charge in [0.2, 0.25) is 5.76 Å². The summed E-state index contributed by atoms with van der Waals surface area (Å²) in [5, 5.41) is 3.30. The van der Waals surface area contributed by atoms with Crippen LogP contribution in [0.4, 0.5) is 30.7 Å². The summed E-state index contributed by atoms with van der Waals surface area (Å²) in [4.78, 5) is -0.729. The maximum Gasteiger partial charge on any atom is 0.453 e. The Morgan fingerprint density at radius 2 is 1.43 bits per heavy atom. The molecular weight excluding hydrogens is 443 g/mol. The van der Waals surface area contributed by atoms with Crippen LogP contribution < -0.4 is 0 Å². The second-order valence-corrected chi connectivity index (χ2v) is 8.21. The van der Waals surface area contributed by atoms with Gasteiger partial charge in [-0.15, -0.1) is 0 Å². The van der Waals surface area contributed by atoms with Crippen molar-refractivity contribution in [2.75, 3.05) is 6.26 Å². The van der Waals surface area contributed by atoms with Crippen LogP contribution >= 0.6 is 0 Å². The standard InChI is InChI=1S/C18H10F7NO3S/c1-30(27,28)13-7-4-10(8-12(13)19)14-15(26-29-16(14)18(23,24)25)9-2-5-11(6-3-9)17(20,21)22/h2-8H,1H3. The predicted octanol–water partition coefficient (Wildman–Crippen LogP) is 5.59. The van der Waals surface area contributed by atoms with Gasteiger partial charge in [0.1, 0.15) is 16.4 Å². The van der Waals surface area contributed by atoms with Gasteiger partial charge in [-0.05, 0) is 29.8 Å². The lowest BCUT2D eigenvalue weighted by Gasteiger charge is -2.10. The normalized spacial score (nSPS) is 12.9. The molecule has 0 atom stereocenters. The largest absolute Gasteiger partial charge is 0.453 e. The van der Waals surface area contributed by atoms with Crippen LogP contribution in [0.15, 0.2) is 51.9 Å². The molecule has 0 fully saturated rings. The van der Waals surface area contributed by atoms with Crippen LogP contribution in [0.2, 0.25) is 0 Å². The summed E-state index contributed by atoms with van der Waals surface area (Å²) >= 11 is 0. The summed E-state index contributed by atoms with van der Waals surface area (Å²) in [6.07, 6.45) is -9.00. The Hall–Kier alpha value is -2.89. The van der Waals surface area contributed by atoms with E-state index in [1.165, 1.54) is 0 Å². The van der Waals surface area contributed by atoms with Crippen molar-refractivity contribution in [2.24, 2.45) is 0 Å². The molecule has 0 N–H and O–H groups in total. The predicted molar refractivity (Wildman–Crippen MR) is 90.4 cm³/mol. The summed E-state index contributed by atoms with van der Waals surface area (Å²) in [5.74, 6) is -2.91. The first-order valence-electron chi connectivity index (χ1n) is 7.94. The molecule has 0 spiro atoms. The molecule has 30 heavy (non-hydrogen) atoms. The lowest BCUT2D eigenvalue weighted by molar-refractivity contribution is -0.155. The fraction of sp³-hybridized carbons (Fsp3) is 0.167. The molecule has 160 valence electrons. The lowest BCUT2D eigenvalue weighted by Crippen LogP contribution is -2.06. The average molecular weight is 453 g/mol.